The Kier molecular flexibility index (Phi) is 7.85. The first-order valence-corrected chi connectivity index (χ1v) is 12.8. The van der Waals surface area contributed by atoms with Gasteiger partial charge >= 0.3 is 6.09 Å². The number of fused-ring (bicyclic) bond motifs is 2. The SMILES string of the molecule is CC1c2c(Cl)cc(Cl)cc2CCN1C(=O)CNc1cc2nc(CNC(=O)OC(C)(C)C)[nH]c(=O)c2cc1F. The topological polar surface area (TPSA) is 116 Å². The van der Waals surface area contributed by atoms with Crippen molar-refractivity contribution in [2.24, 2.45) is 0 Å². The number of amides is 2. The fraction of sp³-hybridized carbons (Fsp3) is 0.385. The summed E-state index contributed by atoms with van der Waals surface area (Å²) in [6, 6.07) is 5.65. The molecule has 0 saturated heterocycles. The average molecular weight is 564 g/mol. The smallest absolute Gasteiger partial charge is 0.408 e. The molecule has 1 unspecified atom stereocenters. The van der Waals surface area contributed by atoms with Gasteiger partial charge in [0.2, 0.25) is 5.91 Å². The maximum atomic E-state index is 14.8. The summed E-state index contributed by atoms with van der Waals surface area (Å²) >= 11 is 12.5. The number of hydrogen-bond acceptors (Lipinski definition) is 6. The van der Waals surface area contributed by atoms with Crippen molar-refractivity contribution in [1.29, 1.82) is 0 Å². The molecule has 0 saturated carbocycles. The van der Waals surface area contributed by atoms with Crippen molar-refractivity contribution in [3.05, 3.63) is 67.4 Å². The van der Waals surface area contributed by atoms with Crippen LogP contribution in [0.25, 0.3) is 10.9 Å². The number of aromatic amines is 1. The lowest BCUT2D eigenvalue weighted by molar-refractivity contribution is -0.131. The van der Waals surface area contributed by atoms with Crippen molar-refractivity contribution >= 4 is 51.8 Å². The largest absolute Gasteiger partial charge is 0.444 e. The van der Waals surface area contributed by atoms with Crippen LogP contribution in [0.4, 0.5) is 14.9 Å². The number of H-pyrrole nitrogens is 1. The second-order valence-electron chi connectivity index (χ2n) is 10.0. The lowest BCUT2D eigenvalue weighted by Gasteiger charge is -2.36. The molecule has 1 atom stereocenters. The van der Waals surface area contributed by atoms with Crippen LogP contribution in [0.3, 0.4) is 0 Å². The van der Waals surface area contributed by atoms with E-state index in [0.717, 1.165) is 17.2 Å². The number of carbonyl (C=O) groups excluding carboxylic acids is 2. The Bertz CT molecular complexity index is 1470. The molecule has 0 bridgehead atoms. The summed E-state index contributed by atoms with van der Waals surface area (Å²) in [4.78, 5) is 46.0. The summed E-state index contributed by atoms with van der Waals surface area (Å²) in [5.41, 5.74) is 0.832. The lowest BCUT2D eigenvalue weighted by atomic mass is 9.93. The molecule has 1 aromatic heterocycles. The minimum absolute atomic E-state index is 0.0184. The van der Waals surface area contributed by atoms with E-state index in [9.17, 15) is 18.8 Å². The monoisotopic (exact) mass is 563 g/mol. The molecule has 0 radical (unpaired) electrons. The van der Waals surface area contributed by atoms with Gasteiger partial charge in [-0.3, -0.25) is 9.59 Å². The van der Waals surface area contributed by atoms with E-state index in [-0.39, 0.29) is 47.5 Å². The normalized spacial score (nSPS) is 15.2. The van der Waals surface area contributed by atoms with Gasteiger partial charge in [0.1, 0.15) is 17.2 Å². The van der Waals surface area contributed by atoms with Gasteiger partial charge in [-0.1, -0.05) is 23.2 Å². The summed E-state index contributed by atoms with van der Waals surface area (Å²) < 4.78 is 20.0. The molecule has 2 amide bonds. The molecule has 0 fully saturated rings. The Labute approximate surface area is 228 Å². The number of nitrogens with one attached hydrogen (secondary N) is 3. The standard InChI is InChI=1S/C26H28Cl2FN5O4/c1-13-23-14(7-15(27)8-17(23)28)5-6-34(13)22(35)12-30-20-10-19-16(9-18(20)29)24(36)33-21(32-19)11-31-25(37)38-26(2,3)4/h7-10,13,30H,5-6,11-12H2,1-4H3,(H,31,37)(H,32,33,36). The van der Waals surface area contributed by atoms with Gasteiger partial charge in [-0.2, -0.15) is 0 Å². The zero-order valence-electron chi connectivity index (χ0n) is 21.4. The summed E-state index contributed by atoms with van der Waals surface area (Å²) in [5.74, 6) is -0.776. The van der Waals surface area contributed by atoms with Gasteiger partial charge in [0, 0.05) is 16.6 Å². The molecule has 9 nitrogen and oxygen atoms in total. The Hall–Kier alpha value is -3.37. The van der Waals surface area contributed by atoms with E-state index in [2.05, 4.69) is 20.6 Å². The van der Waals surface area contributed by atoms with Gasteiger partial charge in [0.15, 0.2) is 0 Å². The number of halogens is 3. The third-order valence-corrected chi connectivity index (χ3v) is 6.61. The number of hydrogen-bond donors (Lipinski definition) is 3. The third-order valence-electron chi connectivity index (χ3n) is 6.08. The Morgan fingerprint density at radius 3 is 2.68 bits per heavy atom. The summed E-state index contributed by atoms with van der Waals surface area (Å²) in [5, 5.41) is 6.42. The van der Waals surface area contributed by atoms with Gasteiger partial charge in [-0.25, -0.2) is 14.2 Å². The van der Waals surface area contributed by atoms with Crippen LogP contribution < -0.4 is 16.2 Å². The van der Waals surface area contributed by atoms with Gasteiger partial charge in [-0.15, -0.1) is 0 Å². The van der Waals surface area contributed by atoms with E-state index in [1.165, 1.54) is 6.07 Å². The predicted molar refractivity (Wildman–Crippen MR) is 144 cm³/mol. The average Bonchev–Trinajstić information content (AvgIpc) is 2.80. The van der Waals surface area contributed by atoms with Crippen molar-refractivity contribution in [2.75, 3.05) is 18.4 Å². The predicted octanol–water partition coefficient (Wildman–Crippen LogP) is 4.95. The van der Waals surface area contributed by atoms with E-state index in [1.54, 1.807) is 31.7 Å². The first-order valence-electron chi connectivity index (χ1n) is 12.0. The molecule has 202 valence electrons. The molecular formula is C26H28Cl2FN5O4. The van der Waals surface area contributed by atoms with Crippen molar-refractivity contribution < 1.29 is 18.7 Å². The van der Waals surface area contributed by atoms with E-state index in [0.29, 0.717) is 23.0 Å². The van der Waals surface area contributed by atoms with Crippen molar-refractivity contribution in [3.8, 4) is 0 Å². The molecule has 2 aromatic carbocycles. The molecular weight excluding hydrogens is 536 g/mol. The van der Waals surface area contributed by atoms with Crippen LogP contribution in [0.15, 0.2) is 29.1 Å². The number of alkyl carbamates (subject to hydrolysis) is 1. The lowest BCUT2D eigenvalue weighted by Crippen LogP contribution is -2.42. The molecule has 1 aliphatic rings. The highest BCUT2D eigenvalue weighted by Gasteiger charge is 2.29. The fourth-order valence-electron chi connectivity index (χ4n) is 4.41. The third kappa shape index (κ3) is 6.19. The van der Waals surface area contributed by atoms with E-state index >= 15 is 0 Å². The number of nitrogens with zero attached hydrogens (tertiary/aromatic N) is 2. The Morgan fingerprint density at radius 1 is 1.24 bits per heavy atom. The second-order valence-corrected chi connectivity index (χ2v) is 10.9. The summed E-state index contributed by atoms with van der Waals surface area (Å²) in [6.45, 7) is 7.27. The van der Waals surface area contributed by atoms with Crippen LogP contribution in [-0.4, -0.2) is 45.6 Å². The van der Waals surface area contributed by atoms with Crippen LogP contribution in [-0.2, 0) is 22.5 Å². The number of aromatic nitrogens is 2. The fourth-order valence-corrected chi connectivity index (χ4v) is 5.11. The van der Waals surface area contributed by atoms with Crippen LogP contribution in [0, 0.1) is 5.82 Å². The minimum atomic E-state index is -0.702. The van der Waals surface area contributed by atoms with Crippen LogP contribution >= 0.6 is 23.2 Å². The number of carbonyl (C=O) groups is 2. The van der Waals surface area contributed by atoms with Gasteiger partial charge in [0.05, 0.1) is 35.7 Å². The molecule has 12 heteroatoms. The molecule has 3 aromatic rings. The number of anilines is 1. The van der Waals surface area contributed by atoms with E-state index in [1.807, 2.05) is 13.0 Å². The van der Waals surface area contributed by atoms with Crippen LogP contribution in [0.5, 0.6) is 0 Å². The van der Waals surface area contributed by atoms with Crippen LogP contribution in [0.2, 0.25) is 10.0 Å². The number of benzene rings is 2. The highest BCUT2D eigenvalue weighted by Crippen LogP contribution is 2.37. The molecule has 2 heterocycles. The van der Waals surface area contributed by atoms with E-state index in [4.69, 9.17) is 27.9 Å². The molecule has 0 aliphatic carbocycles. The molecule has 3 N–H and O–H groups in total. The maximum Gasteiger partial charge on any atom is 0.408 e. The van der Waals surface area contributed by atoms with Crippen molar-refractivity contribution in [2.45, 2.75) is 52.3 Å². The molecule has 4 rings (SSSR count). The zero-order chi connectivity index (χ0) is 27.8. The van der Waals surface area contributed by atoms with Crippen molar-refractivity contribution in [1.82, 2.24) is 20.2 Å². The highest BCUT2D eigenvalue weighted by molar-refractivity contribution is 6.35. The molecule has 1 aliphatic heterocycles. The summed E-state index contributed by atoms with van der Waals surface area (Å²) in [7, 11) is 0. The Balaban J connectivity index is 1.48. The summed E-state index contributed by atoms with van der Waals surface area (Å²) in [6.07, 6.45) is -0.0674. The first kappa shape index (κ1) is 27.7. The minimum Gasteiger partial charge on any atom is -0.444 e. The van der Waals surface area contributed by atoms with Crippen LogP contribution in [0.1, 0.15) is 50.7 Å². The Morgan fingerprint density at radius 2 is 1.97 bits per heavy atom. The van der Waals surface area contributed by atoms with Gasteiger partial charge < -0.3 is 25.3 Å². The number of ether oxygens (including phenoxy) is 1. The number of rotatable bonds is 5. The van der Waals surface area contributed by atoms with Crippen molar-refractivity contribution in [3.63, 3.8) is 0 Å². The first-order chi connectivity index (χ1) is 17.8. The quantitative estimate of drug-likeness (QED) is 0.404. The molecule has 38 heavy (non-hydrogen) atoms. The zero-order valence-corrected chi connectivity index (χ0v) is 22.9. The molecule has 0 spiro atoms. The second kappa shape index (κ2) is 10.8. The van der Waals surface area contributed by atoms with Gasteiger partial charge in [-0.05, 0) is 69.5 Å². The highest BCUT2D eigenvalue weighted by atomic mass is 35.5. The van der Waals surface area contributed by atoms with E-state index < -0.39 is 23.1 Å². The van der Waals surface area contributed by atoms with Gasteiger partial charge in [0.25, 0.3) is 5.56 Å². The maximum absolute atomic E-state index is 14.8.